The molecule has 0 saturated carbocycles. The van der Waals surface area contributed by atoms with E-state index in [0.717, 1.165) is 12.1 Å². The maximum atomic E-state index is 13.9. The Hall–Kier alpha value is -4.41. The van der Waals surface area contributed by atoms with E-state index >= 15 is 0 Å². The number of halogens is 2. The van der Waals surface area contributed by atoms with Crippen LogP contribution in [0, 0.1) is 11.6 Å². The highest BCUT2D eigenvalue weighted by Gasteiger charge is 2.39. The number of amides is 2. The van der Waals surface area contributed by atoms with Crippen LogP contribution >= 0.6 is 0 Å². The van der Waals surface area contributed by atoms with Crippen LogP contribution in [0.2, 0.25) is 0 Å². The van der Waals surface area contributed by atoms with Crippen molar-refractivity contribution >= 4 is 23.3 Å². The zero-order valence-electron chi connectivity index (χ0n) is 18.6. The second kappa shape index (κ2) is 8.75. The standard InChI is InChI=1S/C24H22F2N6O3/c1-2-20(33)30-12-16(13-30)31-10-9-28-21-22(23(27)34)32(29-24(21)31)15-4-6-17(7-5-15)35-19-8-3-14(25)11-18(19)26/h2-8,11,16,28H,1,9-10,12-13H2,(H2,27,34). The second-order valence-corrected chi connectivity index (χ2v) is 8.22. The molecule has 35 heavy (non-hydrogen) atoms. The van der Waals surface area contributed by atoms with Crippen LogP contribution in [0.3, 0.4) is 0 Å². The number of hydrogen-bond donors (Lipinski definition) is 2. The van der Waals surface area contributed by atoms with Gasteiger partial charge in [-0.3, -0.25) is 9.59 Å². The molecule has 180 valence electrons. The van der Waals surface area contributed by atoms with Gasteiger partial charge in [0.2, 0.25) is 5.91 Å². The highest BCUT2D eigenvalue weighted by atomic mass is 19.1. The number of hydrogen-bond acceptors (Lipinski definition) is 6. The number of nitrogens with two attached hydrogens (primary N) is 1. The van der Waals surface area contributed by atoms with Crippen molar-refractivity contribution in [3.63, 3.8) is 0 Å². The molecule has 0 atom stereocenters. The monoisotopic (exact) mass is 480 g/mol. The summed E-state index contributed by atoms with van der Waals surface area (Å²) in [7, 11) is 0. The zero-order valence-corrected chi connectivity index (χ0v) is 18.6. The van der Waals surface area contributed by atoms with E-state index in [2.05, 4.69) is 21.9 Å². The molecule has 1 aromatic heterocycles. The lowest BCUT2D eigenvalue weighted by Gasteiger charge is -2.46. The summed E-state index contributed by atoms with van der Waals surface area (Å²) >= 11 is 0. The predicted octanol–water partition coefficient (Wildman–Crippen LogP) is 2.67. The topological polar surface area (TPSA) is 106 Å². The lowest BCUT2D eigenvalue weighted by atomic mass is 10.1. The van der Waals surface area contributed by atoms with Gasteiger partial charge in [-0.1, -0.05) is 6.58 Å². The predicted molar refractivity (Wildman–Crippen MR) is 125 cm³/mol. The van der Waals surface area contributed by atoms with Gasteiger partial charge in [0.1, 0.15) is 17.3 Å². The van der Waals surface area contributed by atoms with Crippen molar-refractivity contribution in [3.8, 4) is 17.2 Å². The molecule has 2 aliphatic heterocycles. The van der Waals surface area contributed by atoms with Gasteiger partial charge in [0, 0.05) is 32.2 Å². The van der Waals surface area contributed by atoms with Gasteiger partial charge in [-0.2, -0.15) is 0 Å². The SMILES string of the molecule is C=CC(=O)N1CC(N2CCNc3c2nn(-c2ccc(Oc4ccc(F)cc4F)cc2)c3C(N)=O)C1. The van der Waals surface area contributed by atoms with Crippen molar-refractivity contribution in [1.29, 1.82) is 0 Å². The van der Waals surface area contributed by atoms with E-state index in [0.29, 0.717) is 49.1 Å². The van der Waals surface area contributed by atoms with Crippen LogP contribution in [0.4, 0.5) is 20.3 Å². The Bertz CT molecular complexity index is 1320. The van der Waals surface area contributed by atoms with Crippen molar-refractivity contribution < 1.29 is 23.1 Å². The third-order valence-corrected chi connectivity index (χ3v) is 6.02. The van der Waals surface area contributed by atoms with E-state index in [1.54, 1.807) is 29.2 Å². The summed E-state index contributed by atoms with van der Waals surface area (Å²) in [6, 6.07) is 9.58. The minimum atomic E-state index is -0.819. The molecule has 0 radical (unpaired) electrons. The van der Waals surface area contributed by atoms with Crippen molar-refractivity contribution in [2.24, 2.45) is 5.73 Å². The van der Waals surface area contributed by atoms with E-state index in [-0.39, 0.29) is 23.4 Å². The fourth-order valence-electron chi connectivity index (χ4n) is 4.25. The Balaban J connectivity index is 1.42. The molecule has 1 saturated heterocycles. The van der Waals surface area contributed by atoms with Gasteiger partial charge in [0.15, 0.2) is 23.1 Å². The number of carbonyl (C=O) groups excluding carboxylic acids is 2. The third kappa shape index (κ3) is 4.05. The molecule has 2 aromatic carbocycles. The average molecular weight is 480 g/mol. The van der Waals surface area contributed by atoms with Gasteiger partial charge in [-0.05, 0) is 42.5 Å². The van der Waals surface area contributed by atoms with E-state index in [1.165, 1.54) is 16.8 Å². The van der Waals surface area contributed by atoms with Crippen LogP contribution < -0.4 is 20.7 Å². The summed E-state index contributed by atoms with van der Waals surface area (Å²) in [4.78, 5) is 28.0. The van der Waals surface area contributed by atoms with Gasteiger partial charge in [0.25, 0.3) is 5.91 Å². The largest absolute Gasteiger partial charge is 0.454 e. The first-order chi connectivity index (χ1) is 16.9. The lowest BCUT2D eigenvalue weighted by molar-refractivity contribution is -0.130. The summed E-state index contributed by atoms with van der Waals surface area (Å²) in [6.45, 7) is 5.83. The number of anilines is 2. The van der Waals surface area contributed by atoms with Crippen LogP contribution in [-0.4, -0.2) is 58.7 Å². The molecule has 3 heterocycles. The average Bonchev–Trinajstić information content (AvgIpc) is 3.21. The number of aromatic nitrogens is 2. The highest BCUT2D eigenvalue weighted by Crippen LogP contribution is 2.36. The molecule has 3 aromatic rings. The van der Waals surface area contributed by atoms with Crippen molar-refractivity contribution in [3.05, 3.63) is 72.4 Å². The first-order valence-electron chi connectivity index (χ1n) is 10.9. The molecular weight excluding hydrogens is 458 g/mol. The van der Waals surface area contributed by atoms with Crippen molar-refractivity contribution in [1.82, 2.24) is 14.7 Å². The van der Waals surface area contributed by atoms with E-state index in [1.807, 2.05) is 0 Å². The minimum absolute atomic E-state index is 0.0604. The van der Waals surface area contributed by atoms with Gasteiger partial charge in [-0.15, -0.1) is 5.10 Å². The number of likely N-dealkylation sites (tertiary alicyclic amines) is 1. The number of carbonyl (C=O) groups is 2. The molecule has 3 N–H and O–H groups in total. The second-order valence-electron chi connectivity index (χ2n) is 8.22. The van der Waals surface area contributed by atoms with Crippen molar-refractivity contribution in [2.45, 2.75) is 6.04 Å². The summed E-state index contributed by atoms with van der Waals surface area (Å²) in [5.41, 5.74) is 6.98. The van der Waals surface area contributed by atoms with Crippen LogP contribution in [-0.2, 0) is 4.79 Å². The quantitative estimate of drug-likeness (QED) is 0.526. The van der Waals surface area contributed by atoms with E-state index in [4.69, 9.17) is 10.5 Å². The highest BCUT2D eigenvalue weighted by molar-refractivity contribution is 6.00. The molecule has 2 amide bonds. The number of primary amides is 1. The summed E-state index contributed by atoms with van der Waals surface area (Å²) in [5, 5.41) is 7.88. The number of fused-ring (bicyclic) bond motifs is 1. The zero-order chi connectivity index (χ0) is 24.7. The van der Waals surface area contributed by atoms with E-state index < -0.39 is 17.5 Å². The van der Waals surface area contributed by atoms with Crippen LogP contribution in [0.1, 0.15) is 10.5 Å². The van der Waals surface area contributed by atoms with Gasteiger partial charge in [0.05, 0.1) is 11.7 Å². The maximum absolute atomic E-state index is 13.9. The Morgan fingerprint density at radius 2 is 1.91 bits per heavy atom. The first-order valence-corrected chi connectivity index (χ1v) is 10.9. The van der Waals surface area contributed by atoms with Gasteiger partial charge in [-0.25, -0.2) is 13.5 Å². The van der Waals surface area contributed by atoms with E-state index in [9.17, 15) is 18.4 Å². The summed E-state index contributed by atoms with van der Waals surface area (Å²) in [5.74, 6) is -1.51. The minimum Gasteiger partial charge on any atom is -0.454 e. The lowest BCUT2D eigenvalue weighted by Crippen LogP contribution is -2.62. The summed E-state index contributed by atoms with van der Waals surface area (Å²) in [6.07, 6.45) is 1.29. The molecule has 0 unspecified atom stereocenters. The number of benzene rings is 2. The van der Waals surface area contributed by atoms with Gasteiger partial charge < -0.3 is 25.6 Å². The van der Waals surface area contributed by atoms with Gasteiger partial charge >= 0.3 is 0 Å². The Labute approximate surface area is 199 Å². The molecule has 9 nitrogen and oxygen atoms in total. The van der Waals surface area contributed by atoms with Crippen LogP contribution in [0.25, 0.3) is 5.69 Å². The molecule has 11 heteroatoms. The molecule has 1 fully saturated rings. The summed E-state index contributed by atoms with van der Waals surface area (Å²) < 4.78 is 34.0. The third-order valence-electron chi connectivity index (χ3n) is 6.02. The molecular formula is C24H22F2N6O3. The molecule has 2 aliphatic rings. The number of nitrogens with zero attached hydrogens (tertiary/aromatic N) is 4. The first kappa shape index (κ1) is 22.4. The molecule has 0 spiro atoms. The fourth-order valence-corrected chi connectivity index (χ4v) is 4.25. The number of rotatable bonds is 6. The normalized spacial score (nSPS) is 15.1. The Kier molecular flexibility index (Phi) is 5.59. The Morgan fingerprint density at radius 3 is 2.57 bits per heavy atom. The van der Waals surface area contributed by atoms with Crippen molar-refractivity contribution in [2.75, 3.05) is 36.4 Å². The Morgan fingerprint density at radius 1 is 1.17 bits per heavy atom. The number of ether oxygens (including phenoxy) is 1. The van der Waals surface area contributed by atoms with Crippen LogP contribution in [0.5, 0.6) is 11.5 Å². The fraction of sp³-hybridized carbons (Fsp3) is 0.208. The molecule has 0 aliphatic carbocycles. The molecule has 0 bridgehead atoms. The number of nitrogens with one attached hydrogen (secondary N) is 1. The molecule has 5 rings (SSSR count). The maximum Gasteiger partial charge on any atom is 0.269 e. The van der Waals surface area contributed by atoms with Crippen LogP contribution in [0.15, 0.2) is 55.1 Å². The smallest absolute Gasteiger partial charge is 0.269 e.